The lowest BCUT2D eigenvalue weighted by atomic mass is 10.1. The van der Waals surface area contributed by atoms with Crippen LogP contribution < -0.4 is 15.6 Å². The van der Waals surface area contributed by atoms with Crippen LogP contribution in [0.2, 0.25) is 0 Å². The van der Waals surface area contributed by atoms with Gasteiger partial charge in [-0.2, -0.15) is 0 Å². The predicted octanol–water partition coefficient (Wildman–Crippen LogP) is 2.24. The first kappa shape index (κ1) is 15.1. The maximum atomic E-state index is 12.2. The first-order valence-corrected chi connectivity index (χ1v) is 7.93. The Bertz CT molecular complexity index is 985. The number of para-hydroxylation sites is 1. The average Bonchev–Trinajstić information content (AvgIpc) is 3.13. The zero-order chi connectivity index (χ0) is 17.2. The zero-order valence-electron chi connectivity index (χ0n) is 13.3. The van der Waals surface area contributed by atoms with Crippen LogP contribution in [0.25, 0.3) is 10.9 Å². The lowest BCUT2D eigenvalue weighted by Gasteiger charge is -2.08. The predicted molar refractivity (Wildman–Crippen MR) is 92.3 cm³/mol. The number of rotatable bonds is 2. The highest BCUT2D eigenvalue weighted by Crippen LogP contribution is 2.25. The van der Waals surface area contributed by atoms with E-state index < -0.39 is 5.91 Å². The van der Waals surface area contributed by atoms with Gasteiger partial charge in [-0.3, -0.25) is 20.4 Å². The maximum absolute atomic E-state index is 12.2. The fraction of sp³-hybridized carbons (Fsp3) is 0.105. The third-order valence-electron chi connectivity index (χ3n) is 4.07. The molecule has 25 heavy (non-hydrogen) atoms. The topological polar surface area (TPSA) is 80.3 Å². The normalized spacial score (nSPS) is 12.3. The number of carbonyl (C=O) groups is 2. The molecular weight excluding hydrogens is 318 g/mol. The summed E-state index contributed by atoms with van der Waals surface area (Å²) < 4.78 is 5.41. The molecule has 0 bridgehead atoms. The minimum Gasteiger partial charge on any atom is -0.493 e. The van der Waals surface area contributed by atoms with Crippen molar-refractivity contribution in [3.63, 3.8) is 0 Å². The second-order valence-corrected chi connectivity index (χ2v) is 5.72. The van der Waals surface area contributed by atoms with Gasteiger partial charge in [-0.1, -0.05) is 24.3 Å². The van der Waals surface area contributed by atoms with Crippen molar-refractivity contribution in [2.75, 3.05) is 6.61 Å². The van der Waals surface area contributed by atoms with E-state index in [0.717, 1.165) is 28.6 Å². The number of ether oxygens (including phenoxy) is 1. The van der Waals surface area contributed by atoms with Crippen LogP contribution in [0.5, 0.6) is 5.75 Å². The van der Waals surface area contributed by atoms with Crippen molar-refractivity contribution in [3.05, 3.63) is 71.4 Å². The molecule has 0 atom stereocenters. The molecule has 0 saturated heterocycles. The molecule has 0 radical (unpaired) electrons. The molecule has 0 saturated carbocycles. The van der Waals surface area contributed by atoms with Gasteiger partial charge in [0.05, 0.1) is 12.1 Å². The Morgan fingerprint density at radius 3 is 2.72 bits per heavy atom. The molecule has 0 spiro atoms. The van der Waals surface area contributed by atoms with Crippen molar-refractivity contribution in [1.82, 2.24) is 15.8 Å². The summed E-state index contributed by atoms with van der Waals surface area (Å²) in [5.74, 6) is -0.0478. The van der Waals surface area contributed by atoms with Crippen LogP contribution in [0.4, 0.5) is 0 Å². The quantitative estimate of drug-likeness (QED) is 0.705. The van der Waals surface area contributed by atoms with Crippen molar-refractivity contribution in [2.24, 2.45) is 0 Å². The largest absolute Gasteiger partial charge is 0.493 e. The second kappa shape index (κ2) is 6.24. The minimum atomic E-state index is -0.469. The van der Waals surface area contributed by atoms with E-state index >= 15 is 0 Å². The summed E-state index contributed by atoms with van der Waals surface area (Å²) in [6, 6.07) is 16.2. The summed E-state index contributed by atoms with van der Waals surface area (Å²) in [6.45, 7) is 0.630. The van der Waals surface area contributed by atoms with Gasteiger partial charge < -0.3 is 4.74 Å². The summed E-state index contributed by atoms with van der Waals surface area (Å²) in [5.41, 5.74) is 7.24. The van der Waals surface area contributed by atoms with Crippen LogP contribution in [0.15, 0.2) is 54.6 Å². The fourth-order valence-electron chi connectivity index (χ4n) is 2.77. The third kappa shape index (κ3) is 3.01. The molecule has 3 aromatic rings. The molecule has 1 aromatic heterocycles. The lowest BCUT2D eigenvalue weighted by molar-refractivity contribution is 0.0844. The molecular formula is C19H15N3O3. The molecule has 2 N–H and O–H groups in total. The van der Waals surface area contributed by atoms with Crippen LogP contribution in [-0.2, 0) is 6.42 Å². The van der Waals surface area contributed by atoms with Crippen molar-refractivity contribution >= 4 is 22.7 Å². The molecule has 2 amide bonds. The summed E-state index contributed by atoms with van der Waals surface area (Å²) in [5, 5.41) is 0.948. The van der Waals surface area contributed by atoms with E-state index in [4.69, 9.17) is 4.74 Å². The molecule has 2 heterocycles. The molecule has 124 valence electrons. The highest BCUT2D eigenvalue weighted by Gasteiger charge is 2.16. The standard InChI is InChI=1S/C19H15N3O3/c23-18(14-6-8-17-13(11-14)9-10-25-17)21-22-19(24)16-7-5-12-3-1-2-4-15(12)20-16/h1-8,11H,9-10H2,(H,21,23)(H,22,24). The molecule has 6 nitrogen and oxygen atoms in total. The highest BCUT2D eigenvalue weighted by molar-refractivity contribution is 5.99. The summed E-state index contributed by atoms with van der Waals surface area (Å²) in [4.78, 5) is 28.7. The van der Waals surface area contributed by atoms with E-state index in [1.54, 1.807) is 24.3 Å². The molecule has 1 aliphatic heterocycles. The molecule has 0 aliphatic carbocycles. The van der Waals surface area contributed by atoms with E-state index in [1.807, 2.05) is 30.3 Å². The Labute approximate surface area is 143 Å². The number of hydrazine groups is 1. The molecule has 4 rings (SSSR count). The Morgan fingerprint density at radius 2 is 1.80 bits per heavy atom. The first-order chi connectivity index (χ1) is 12.2. The monoisotopic (exact) mass is 333 g/mol. The summed E-state index contributed by atoms with van der Waals surface area (Å²) >= 11 is 0. The molecule has 0 unspecified atom stereocenters. The van der Waals surface area contributed by atoms with Crippen LogP contribution in [0.1, 0.15) is 26.4 Å². The number of carbonyl (C=O) groups excluding carboxylic acids is 2. The Kier molecular flexibility index (Phi) is 3.78. The van der Waals surface area contributed by atoms with E-state index in [9.17, 15) is 9.59 Å². The number of hydrogen-bond donors (Lipinski definition) is 2. The van der Waals surface area contributed by atoms with Gasteiger partial charge in [0.25, 0.3) is 11.8 Å². The first-order valence-electron chi connectivity index (χ1n) is 7.93. The van der Waals surface area contributed by atoms with Gasteiger partial charge in [0, 0.05) is 17.4 Å². The smallest absolute Gasteiger partial charge is 0.288 e. The molecule has 1 aliphatic rings. The van der Waals surface area contributed by atoms with Gasteiger partial charge in [-0.05, 0) is 35.9 Å². The second-order valence-electron chi connectivity index (χ2n) is 5.72. The number of hydrogen-bond acceptors (Lipinski definition) is 4. The SMILES string of the molecule is O=C(NNC(=O)c1ccc2ccccc2n1)c1ccc2c(c1)CCO2. The van der Waals surface area contributed by atoms with Gasteiger partial charge in [-0.15, -0.1) is 0 Å². The van der Waals surface area contributed by atoms with Crippen molar-refractivity contribution < 1.29 is 14.3 Å². The number of amides is 2. The number of benzene rings is 2. The van der Waals surface area contributed by atoms with Crippen LogP contribution >= 0.6 is 0 Å². The number of pyridine rings is 1. The van der Waals surface area contributed by atoms with Gasteiger partial charge >= 0.3 is 0 Å². The number of aromatic nitrogens is 1. The fourth-order valence-corrected chi connectivity index (χ4v) is 2.77. The summed E-state index contributed by atoms with van der Waals surface area (Å²) in [7, 11) is 0. The van der Waals surface area contributed by atoms with Gasteiger partial charge in [0.15, 0.2) is 0 Å². The Hall–Kier alpha value is -3.41. The molecule has 2 aromatic carbocycles. The number of nitrogens with one attached hydrogen (secondary N) is 2. The van der Waals surface area contributed by atoms with E-state index in [-0.39, 0.29) is 11.6 Å². The van der Waals surface area contributed by atoms with Crippen molar-refractivity contribution in [3.8, 4) is 5.75 Å². The average molecular weight is 333 g/mol. The number of nitrogens with zero attached hydrogens (tertiary/aromatic N) is 1. The van der Waals surface area contributed by atoms with Crippen LogP contribution in [-0.4, -0.2) is 23.4 Å². The van der Waals surface area contributed by atoms with Crippen LogP contribution in [0.3, 0.4) is 0 Å². The Morgan fingerprint density at radius 1 is 0.960 bits per heavy atom. The van der Waals surface area contributed by atoms with Gasteiger partial charge in [0.2, 0.25) is 0 Å². The maximum Gasteiger partial charge on any atom is 0.288 e. The molecule has 6 heteroatoms. The number of fused-ring (bicyclic) bond motifs is 2. The summed E-state index contributed by atoms with van der Waals surface area (Å²) in [6.07, 6.45) is 0.782. The van der Waals surface area contributed by atoms with Crippen molar-refractivity contribution in [1.29, 1.82) is 0 Å². The zero-order valence-corrected chi connectivity index (χ0v) is 13.3. The van der Waals surface area contributed by atoms with E-state index in [0.29, 0.717) is 12.2 Å². The van der Waals surface area contributed by atoms with E-state index in [2.05, 4.69) is 15.8 Å². The Balaban J connectivity index is 1.44. The third-order valence-corrected chi connectivity index (χ3v) is 4.07. The lowest BCUT2D eigenvalue weighted by Crippen LogP contribution is -2.41. The molecule has 0 fully saturated rings. The van der Waals surface area contributed by atoms with E-state index in [1.165, 1.54) is 0 Å². The van der Waals surface area contributed by atoms with Crippen LogP contribution in [0, 0.1) is 0 Å². The highest BCUT2D eigenvalue weighted by atomic mass is 16.5. The van der Waals surface area contributed by atoms with Crippen molar-refractivity contribution in [2.45, 2.75) is 6.42 Å². The van der Waals surface area contributed by atoms with Gasteiger partial charge in [0.1, 0.15) is 11.4 Å². The van der Waals surface area contributed by atoms with Gasteiger partial charge in [-0.25, -0.2) is 4.98 Å². The minimum absolute atomic E-state index is 0.237.